The number of aromatic amines is 1. The second kappa shape index (κ2) is 8.04. The number of rotatable bonds is 3. The van der Waals surface area contributed by atoms with Crippen LogP contribution in [0.15, 0.2) is 66.7 Å². The van der Waals surface area contributed by atoms with Crippen LogP contribution >= 0.6 is 0 Å². The van der Waals surface area contributed by atoms with Gasteiger partial charge in [0.1, 0.15) is 17.6 Å². The number of hydrogen-bond acceptors (Lipinski definition) is 2. The lowest BCUT2D eigenvalue weighted by Crippen LogP contribution is -2.43. The fourth-order valence-electron chi connectivity index (χ4n) is 4.59. The Kier molecular flexibility index (Phi) is 5.05. The van der Waals surface area contributed by atoms with E-state index in [0.717, 1.165) is 27.7 Å². The SMILES string of the molecule is COc1ccc(C)cc1NC(=O)N1CCc2c([nH]c3ccccc23)[C@@H]1c1ccccc1F. The predicted molar refractivity (Wildman–Crippen MR) is 124 cm³/mol. The molecule has 0 radical (unpaired) electrons. The largest absolute Gasteiger partial charge is 0.495 e. The number of ether oxygens (including phenoxy) is 1. The molecule has 0 aliphatic carbocycles. The van der Waals surface area contributed by atoms with E-state index >= 15 is 0 Å². The number of anilines is 1. The molecule has 6 heteroatoms. The van der Waals surface area contributed by atoms with Crippen molar-refractivity contribution in [3.05, 3.63) is 94.9 Å². The number of para-hydroxylation sites is 1. The van der Waals surface area contributed by atoms with E-state index < -0.39 is 6.04 Å². The van der Waals surface area contributed by atoms with Gasteiger partial charge in [0.25, 0.3) is 0 Å². The molecule has 0 spiro atoms. The molecule has 0 bridgehead atoms. The van der Waals surface area contributed by atoms with Gasteiger partial charge >= 0.3 is 6.03 Å². The van der Waals surface area contributed by atoms with Gasteiger partial charge < -0.3 is 19.9 Å². The number of nitrogens with one attached hydrogen (secondary N) is 2. The van der Waals surface area contributed by atoms with Crippen LogP contribution < -0.4 is 10.1 Å². The smallest absolute Gasteiger partial charge is 0.322 e. The maximum absolute atomic E-state index is 15.0. The summed E-state index contributed by atoms with van der Waals surface area (Å²) < 4.78 is 20.4. The van der Waals surface area contributed by atoms with E-state index in [1.807, 2.05) is 43.3 Å². The molecule has 0 saturated carbocycles. The highest BCUT2D eigenvalue weighted by Crippen LogP contribution is 2.39. The summed E-state index contributed by atoms with van der Waals surface area (Å²) >= 11 is 0. The lowest BCUT2D eigenvalue weighted by molar-refractivity contribution is 0.191. The van der Waals surface area contributed by atoms with Gasteiger partial charge in [0, 0.05) is 28.7 Å². The predicted octanol–water partition coefficient (Wildman–Crippen LogP) is 5.80. The maximum atomic E-state index is 15.0. The number of fused-ring (bicyclic) bond motifs is 3. The van der Waals surface area contributed by atoms with Crippen molar-refractivity contribution in [1.29, 1.82) is 0 Å². The van der Waals surface area contributed by atoms with Crippen molar-refractivity contribution in [1.82, 2.24) is 9.88 Å². The minimum absolute atomic E-state index is 0.300. The van der Waals surface area contributed by atoms with Gasteiger partial charge in [-0.3, -0.25) is 0 Å². The van der Waals surface area contributed by atoms with Gasteiger partial charge in [-0.2, -0.15) is 0 Å². The number of benzene rings is 3. The highest BCUT2D eigenvalue weighted by molar-refractivity contribution is 5.93. The van der Waals surface area contributed by atoms with Gasteiger partial charge in [-0.25, -0.2) is 9.18 Å². The third kappa shape index (κ3) is 3.38. The Labute approximate surface area is 185 Å². The highest BCUT2D eigenvalue weighted by Gasteiger charge is 2.36. The molecule has 1 aliphatic rings. The minimum Gasteiger partial charge on any atom is -0.495 e. The Morgan fingerprint density at radius 1 is 1.12 bits per heavy atom. The number of hydrogen-bond donors (Lipinski definition) is 2. The molecule has 2 amide bonds. The van der Waals surface area contributed by atoms with Crippen LogP contribution in [0.4, 0.5) is 14.9 Å². The van der Waals surface area contributed by atoms with Crippen molar-refractivity contribution >= 4 is 22.6 Å². The second-order valence-corrected chi connectivity index (χ2v) is 8.06. The van der Waals surface area contributed by atoms with Crippen molar-refractivity contribution in [2.45, 2.75) is 19.4 Å². The first-order valence-electron chi connectivity index (χ1n) is 10.6. The summed E-state index contributed by atoms with van der Waals surface area (Å²) in [5, 5.41) is 4.10. The maximum Gasteiger partial charge on any atom is 0.322 e. The minimum atomic E-state index is -0.567. The second-order valence-electron chi connectivity index (χ2n) is 8.06. The van der Waals surface area contributed by atoms with Crippen LogP contribution in [0.1, 0.15) is 28.4 Å². The van der Waals surface area contributed by atoms with Gasteiger partial charge in [-0.1, -0.05) is 42.5 Å². The summed E-state index contributed by atoms with van der Waals surface area (Å²) in [5.74, 6) is 0.240. The number of urea groups is 1. The molecule has 5 rings (SSSR count). The van der Waals surface area contributed by atoms with Crippen LogP contribution in [-0.2, 0) is 6.42 Å². The molecule has 2 heterocycles. The lowest BCUT2D eigenvalue weighted by atomic mass is 9.92. The van der Waals surface area contributed by atoms with Crippen molar-refractivity contribution < 1.29 is 13.9 Å². The first-order valence-corrected chi connectivity index (χ1v) is 10.6. The van der Waals surface area contributed by atoms with Crippen LogP contribution in [0, 0.1) is 12.7 Å². The first kappa shape index (κ1) is 20.1. The van der Waals surface area contributed by atoms with E-state index in [9.17, 15) is 9.18 Å². The van der Waals surface area contributed by atoms with Gasteiger partial charge in [0.15, 0.2) is 0 Å². The van der Waals surface area contributed by atoms with E-state index in [1.54, 1.807) is 30.2 Å². The van der Waals surface area contributed by atoms with Crippen molar-refractivity contribution in [3.63, 3.8) is 0 Å². The molecule has 0 unspecified atom stereocenters. The van der Waals surface area contributed by atoms with Crippen LogP contribution in [0.2, 0.25) is 0 Å². The zero-order valence-corrected chi connectivity index (χ0v) is 18.0. The molecule has 0 fully saturated rings. The number of methoxy groups -OCH3 is 1. The normalized spacial score (nSPS) is 15.5. The third-order valence-corrected chi connectivity index (χ3v) is 6.09. The molecule has 0 saturated heterocycles. The standard InChI is InChI=1S/C26H24FN3O2/c1-16-11-12-23(32-2)22(15-16)29-26(31)30-14-13-18-17-7-4-6-10-21(17)28-24(18)25(30)19-8-3-5-9-20(19)27/h3-12,15,25,28H,13-14H2,1-2H3,(H,29,31)/t25-/m0/s1. The molecule has 1 atom stereocenters. The average Bonchev–Trinajstić information content (AvgIpc) is 3.18. The number of aromatic nitrogens is 1. The number of halogens is 1. The van der Waals surface area contributed by atoms with Gasteiger partial charge in [-0.15, -0.1) is 0 Å². The molecule has 1 aliphatic heterocycles. The summed E-state index contributed by atoms with van der Waals surface area (Å²) in [7, 11) is 1.57. The molecule has 3 aromatic carbocycles. The van der Waals surface area contributed by atoms with Gasteiger partial charge in [-0.05, 0) is 48.7 Å². The summed E-state index contributed by atoms with van der Waals surface area (Å²) in [4.78, 5) is 18.6. The number of aryl methyl sites for hydroxylation is 1. The number of carbonyl (C=O) groups is 1. The molecule has 162 valence electrons. The van der Waals surface area contributed by atoms with Crippen LogP contribution in [-0.4, -0.2) is 29.6 Å². The fourth-order valence-corrected chi connectivity index (χ4v) is 4.59. The summed E-state index contributed by atoms with van der Waals surface area (Å²) in [6, 6.07) is 19.4. The zero-order chi connectivity index (χ0) is 22.2. The first-order chi connectivity index (χ1) is 15.6. The summed E-state index contributed by atoms with van der Waals surface area (Å²) in [5.41, 5.74) is 5.03. The molecule has 4 aromatic rings. The molecule has 1 aromatic heterocycles. The van der Waals surface area contributed by atoms with Crippen LogP contribution in [0.5, 0.6) is 5.75 Å². The molecule has 5 nitrogen and oxygen atoms in total. The molecule has 32 heavy (non-hydrogen) atoms. The quantitative estimate of drug-likeness (QED) is 0.432. The van der Waals surface area contributed by atoms with Gasteiger partial charge in [0.2, 0.25) is 0 Å². The van der Waals surface area contributed by atoms with E-state index in [-0.39, 0.29) is 11.8 Å². The number of carbonyl (C=O) groups excluding carboxylic acids is 1. The van der Waals surface area contributed by atoms with E-state index in [4.69, 9.17) is 4.74 Å². The Bertz CT molecular complexity index is 1310. The van der Waals surface area contributed by atoms with E-state index in [2.05, 4.69) is 16.4 Å². The van der Waals surface area contributed by atoms with Crippen molar-refractivity contribution in [2.75, 3.05) is 19.0 Å². The molecular formula is C26H24FN3O2. The van der Waals surface area contributed by atoms with E-state index in [1.165, 1.54) is 6.07 Å². The number of nitrogens with zero attached hydrogens (tertiary/aromatic N) is 1. The highest BCUT2D eigenvalue weighted by atomic mass is 19.1. The summed E-state index contributed by atoms with van der Waals surface area (Å²) in [6.45, 7) is 2.42. The Hall–Kier alpha value is -3.80. The topological polar surface area (TPSA) is 57.4 Å². The van der Waals surface area contributed by atoms with Crippen LogP contribution in [0.25, 0.3) is 10.9 Å². The molecule has 2 N–H and O–H groups in total. The summed E-state index contributed by atoms with van der Waals surface area (Å²) in [6.07, 6.45) is 0.683. The monoisotopic (exact) mass is 429 g/mol. The lowest BCUT2D eigenvalue weighted by Gasteiger charge is -2.36. The number of amides is 2. The Balaban J connectivity index is 1.59. The molecular weight excluding hydrogens is 405 g/mol. The fraction of sp³-hybridized carbons (Fsp3) is 0.192. The zero-order valence-electron chi connectivity index (χ0n) is 18.0. The Morgan fingerprint density at radius 2 is 1.91 bits per heavy atom. The van der Waals surface area contributed by atoms with Crippen molar-refractivity contribution in [3.8, 4) is 5.75 Å². The Morgan fingerprint density at radius 3 is 2.72 bits per heavy atom. The third-order valence-electron chi connectivity index (χ3n) is 6.09. The number of H-pyrrole nitrogens is 1. The van der Waals surface area contributed by atoms with Crippen LogP contribution in [0.3, 0.4) is 0 Å². The average molecular weight is 429 g/mol. The van der Waals surface area contributed by atoms with E-state index in [0.29, 0.717) is 30.0 Å². The van der Waals surface area contributed by atoms with Gasteiger partial charge in [0.05, 0.1) is 12.8 Å². The van der Waals surface area contributed by atoms with Crippen molar-refractivity contribution in [2.24, 2.45) is 0 Å².